The first-order valence-electron chi connectivity index (χ1n) is 6.29. The van der Waals surface area contributed by atoms with Gasteiger partial charge in [0.05, 0.1) is 31.6 Å². The number of rotatable bonds is 3. The van der Waals surface area contributed by atoms with Crippen LogP contribution in [0.1, 0.15) is 5.56 Å². The normalized spacial score (nSPS) is 17.3. The Morgan fingerprint density at radius 1 is 1.36 bits per heavy atom. The van der Waals surface area contributed by atoms with Gasteiger partial charge in [-0.3, -0.25) is 4.68 Å². The highest BCUT2D eigenvalue weighted by Crippen LogP contribution is 2.35. The lowest BCUT2D eigenvalue weighted by Crippen LogP contribution is -2.52. The summed E-state index contributed by atoms with van der Waals surface area (Å²) >= 11 is 0. The van der Waals surface area contributed by atoms with Crippen LogP contribution in [0.25, 0.3) is 11.3 Å². The Morgan fingerprint density at radius 2 is 2.09 bits per heavy atom. The topological polar surface area (TPSA) is 99.1 Å². The molecule has 1 fully saturated rings. The highest BCUT2D eigenvalue weighted by molar-refractivity contribution is 5.62. The Labute approximate surface area is 122 Å². The number of nitrogens with zero attached hydrogens (tertiary/aromatic N) is 4. The van der Waals surface area contributed by atoms with Crippen LogP contribution in [-0.2, 0) is 17.5 Å². The van der Waals surface area contributed by atoms with Crippen LogP contribution in [0.5, 0.6) is 0 Å². The van der Waals surface area contributed by atoms with Crippen molar-refractivity contribution in [1.82, 2.24) is 19.7 Å². The number of nitrogens with two attached hydrogens (primary N) is 1. The van der Waals surface area contributed by atoms with Gasteiger partial charge in [-0.25, -0.2) is 9.97 Å². The summed E-state index contributed by atoms with van der Waals surface area (Å²) in [4.78, 5) is 7.04. The molecule has 0 radical (unpaired) electrons. The molecule has 3 heterocycles. The number of hydrogen-bond donors (Lipinski definition) is 2. The lowest BCUT2D eigenvalue weighted by atomic mass is 10.0. The van der Waals surface area contributed by atoms with Crippen molar-refractivity contribution >= 4 is 5.95 Å². The number of hydrogen-bond acceptors (Lipinski definition) is 6. The van der Waals surface area contributed by atoms with E-state index in [0.717, 1.165) is 0 Å². The molecule has 2 aromatic rings. The molecule has 2 aromatic heterocycles. The van der Waals surface area contributed by atoms with Gasteiger partial charge in [0.2, 0.25) is 5.95 Å². The van der Waals surface area contributed by atoms with Gasteiger partial charge in [-0.05, 0) is 0 Å². The lowest BCUT2D eigenvalue weighted by Gasteiger charge is -2.35. The van der Waals surface area contributed by atoms with Crippen molar-refractivity contribution in [1.29, 1.82) is 0 Å². The monoisotopic (exact) mass is 315 g/mol. The summed E-state index contributed by atoms with van der Waals surface area (Å²) in [6.45, 7) is 0.446. The van der Waals surface area contributed by atoms with Crippen molar-refractivity contribution in [2.75, 3.05) is 18.9 Å². The van der Waals surface area contributed by atoms with Crippen LogP contribution in [0.2, 0.25) is 0 Å². The van der Waals surface area contributed by atoms with Gasteiger partial charge in [-0.15, -0.1) is 0 Å². The zero-order valence-corrected chi connectivity index (χ0v) is 11.2. The second-order valence-electron chi connectivity index (χ2n) is 5.13. The Balaban J connectivity index is 1.94. The zero-order chi connectivity index (χ0) is 16.0. The third-order valence-electron chi connectivity index (χ3n) is 3.22. The first-order valence-corrected chi connectivity index (χ1v) is 6.29. The van der Waals surface area contributed by atoms with Crippen molar-refractivity contribution in [2.24, 2.45) is 0 Å². The molecular formula is C12H12F3N5O2. The molecule has 0 amide bonds. The maximum Gasteiger partial charge on any atom is 0.419 e. The number of alkyl halides is 3. The molecule has 0 bridgehead atoms. The van der Waals surface area contributed by atoms with Crippen LogP contribution in [-0.4, -0.2) is 43.7 Å². The van der Waals surface area contributed by atoms with E-state index in [1.165, 1.54) is 17.1 Å². The summed E-state index contributed by atoms with van der Waals surface area (Å²) in [5.74, 6) is -0.262. The molecule has 0 atom stereocenters. The minimum absolute atomic E-state index is 0.120. The predicted molar refractivity (Wildman–Crippen MR) is 68.4 cm³/mol. The van der Waals surface area contributed by atoms with E-state index in [1.54, 1.807) is 0 Å². The fourth-order valence-electron chi connectivity index (χ4n) is 2.13. The maximum absolute atomic E-state index is 13.0. The van der Waals surface area contributed by atoms with Gasteiger partial charge in [0, 0.05) is 18.0 Å². The summed E-state index contributed by atoms with van der Waals surface area (Å²) in [6, 6.07) is 0. The molecule has 118 valence electrons. The van der Waals surface area contributed by atoms with E-state index in [2.05, 4.69) is 15.1 Å². The van der Waals surface area contributed by atoms with Gasteiger partial charge in [0.1, 0.15) is 11.2 Å². The van der Waals surface area contributed by atoms with Crippen LogP contribution in [0, 0.1) is 0 Å². The third kappa shape index (κ3) is 2.74. The molecule has 0 unspecified atom stereocenters. The summed E-state index contributed by atoms with van der Waals surface area (Å²) in [6.07, 6.45) is -1.36. The van der Waals surface area contributed by atoms with Gasteiger partial charge < -0.3 is 15.6 Å². The quantitative estimate of drug-likeness (QED) is 0.865. The van der Waals surface area contributed by atoms with E-state index < -0.39 is 17.3 Å². The van der Waals surface area contributed by atoms with Crippen molar-refractivity contribution < 1.29 is 23.0 Å². The minimum Gasteiger partial charge on any atom is -0.383 e. The van der Waals surface area contributed by atoms with E-state index in [-0.39, 0.29) is 37.0 Å². The number of anilines is 1. The first-order chi connectivity index (χ1) is 10.3. The van der Waals surface area contributed by atoms with Gasteiger partial charge >= 0.3 is 6.18 Å². The van der Waals surface area contributed by atoms with Crippen molar-refractivity contribution in [3.63, 3.8) is 0 Å². The molecule has 10 heteroatoms. The fraction of sp³-hybridized carbons (Fsp3) is 0.417. The fourth-order valence-corrected chi connectivity index (χ4v) is 2.13. The standard InChI is InChI=1S/C12H12F3N5O2/c13-12(14,15)8-2-17-10(16)19-9(8)7-1-18-20(3-7)4-11(21)5-22-6-11/h1-3,21H,4-6H2,(H2,16,17,19). The highest BCUT2D eigenvalue weighted by Gasteiger charge is 2.38. The molecule has 0 aromatic carbocycles. The Bertz CT molecular complexity index is 696. The van der Waals surface area contributed by atoms with Crippen LogP contribution in [0.15, 0.2) is 18.6 Å². The number of nitrogen functional groups attached to an aromatic ring is 1. The van der Waals surface area contributed by atoms with Crippen LogP contribution in [0.3, 0.4) is 0 Å². The van der Waals surface area contributed by atoms with E-state index >= 15 is 0 Å². The number of halogens is 3. The van der Waals surface area contributed by atoms with Gasteiger partial charge in [0.15, 0.2) is 0 Å². The minimum atomic E-state index is -4.61. The van der Waals surface area contributed by atoms with Gasteiger partial charge in [-0.1, -0.05) is 0 Å². The van der Waals surface area contributed by atoms with Gasteiger partial charge in [-0.2, -0.15) is 18.3 Å². The molecule has 0 aliphatic carbocycles. The Kier molecular flexibility index (Phi) is 3.29. The molecule has 0 saturated carbocycles. The van der Waals surface area contributed by atoms with Crippen LogP contribution >= 0.6 is 0 Å². The van der Waals surface area contributed by atoms with Crippen LogP contribution in [0.4, 0.5) is 19.1 Å². The van der Waals surface area contributed by atoms with Crippen LogP contribution < -0.4 is 5.73 Å². The van der Waals surface area contributed by atoms with E-state index in [1.807, 2.05) is 0 Å². The molecule has 7 nitrogen and oxygen atoms in total. The summed E-state index contributed by atoms with van der Waals surface area (Å²) in [5, 5.41) is 13.9. The number of aromatic nitrogens is 4. The second kappa shape index (κ2) is 4.92. The first kappa shape index (κ1) is 14.7. The zero-order valence-electron chi connectivity index (χ0n) is 11.2. The molecule has 0 spiro atoms. The Hall–Kier alpha value is -2.20. The highest BCUT2D eigenvalue weighted by atomic mass is 19.4. The average molecular weight is 315 g/mol. The molecule has 1 saturated heterocycles. The summed E-state index contributed by atoms with van der Waals surface area (Å²) in [7, 11) is 0. The Morgan fingerprint density at radius 3 is 2.68 bits per heavy atom. The average Bonchev–Trinajstić information content (AvgIpc) is 2.83. The summed E-state index contributed by atoms with van der Waals surface area (Å²) in [5.41, 5.74) is 3.14. The van der Waals surface area contributed by atoms with Crippen molar-refractivity contribution in [3.8, 4) is 11.3 Å². The smallest absolute Gasteiger partial charge is 0.383 e. The maximum atomic E-state index is 13.0. The number of ether oxygens (including phenoxy) is 1. The van der Waals surface area contributed by atoms with Gasteiger partial charge in [0.25, 0.3) is 0 Å². The largest absolute Gasteiger partial charge is 0.419 e. The molecule has 22 heavy (non-hydrogen) atoms. The third-order valence-corrected chi connectivity index (χ3v) is 3.22. The van der Waals surface area contributed by atoms with Crippen molar-refractivity contribution in [3.05, 3.63) is 24.2 Å². The summed E-state index contributed by atoms with van der Waals surface area (Å²) < 4.78 is 45.3. The lowest BCUT2D eigenvalue weighted by molar-refractivity contribution is -0.186. The second-order valence-corrected chi connectivity index (χ2v) is 5.13. The molecule has 3 rings (SSSR count). The molecule has 1 aliphatic heterocycles. The number of aliphatic hydroxyl groups is 1. The van der Waals surface area contributed by atoms with E-state index in [9.17, 15) is 18.3 Å². The van der Waals surface area contributed by atoms with Crippen molar-refractivity contribution in [2.45, 2.75) is 18.3 Å². The predicted octanol–water partition coefficient (Wildman–Crippen LogP) is 0.702. The molecular weight excluding hydrogens is 303 g/mol. The molecule has 3 N–H and O–H groups in total. The SMILES string of the molecule is Nc1ncc(C(F)(F)F)c(-c2cnn(CC3(O)COC3)c2)n1. The molecule has 1 aliphatic rings. The van der Waals surface area contributed by atoms with E-state index in [0.29, 0.717) is 6.20 Å². The van der Waals surface area contributed by atoms with E-state index in [4.69, 9.17) is 10.5 Å².